The number of hydrogen-bond acceptors (Lipinski definition) is 3. The smallest absolute Gasteiger partial charge is 0.166 e. The summed E-state index contributed by atoms with van der Waals surface area (Å²) in [6.07, 6.45) is 7.06. The van der Waals surface area contributed by atoms with Crippen LogP contribution in [0.5, 0.6) is 11.5 Å². The summed E-state index contributed by atoms with van der Waals surface area (Å²) in [7, 11) is 1.64. The molecule has 0 aliphatic heterocycles. The van der Waals surface area contributed by atoms with Crippen LogP contribution in [0.1, 0.15) is 44.1 Å². The Bertz CT molecular complexity index is 491. The van der Waals surface area contributed by atoms with Crippen molar-refractivity contribution in [2.75, 3.05) is 7.11 Å². The third-order valence-corrected chi connectivity index (χ3v) is 4.66. The summed E-state index contributed by atoms with van der Waals surface area (Å²) in [6, 6.07) is 3.66. The number of aliphatic hydroxyl groups is 1. The molecule has 0 radical (unpaired) electrons. The molecular weight excluding hydrogens is 276 g/mol. The second-order valence-electron chi connectivity index (χ2n) is 5.98. The van der Waals surface area contributed by atoms with Crippen molar-refractivity contribution in [3.05, 3.63) is 22.7 Å². The Hall–Kier alpha value is -0.930. The molecular formula is C16H21ClO3. The van der Waals surface area contributed by atoms with E-state index >= 15 is 0 Å². The van der Waals surface area contributed by atoms with E-state index in [1.807, 2.05) is 12.1 Å². The lowest BCUT2D eigenvalue weighted by atomic mass is 10.0. The number of rotatable bonds is 5. The molecule has 0 saturated heterocycles. The number of ether oxygens (including phenoxy) is 2. The van der Waals surface area contributed by atoms with Crippen molar-refractivity contribution >= 4 is 11.6 Å². The highest BCUT2D eigenvalue weighted by molar-refractivity contribution is 6.31. The van der Waals surface area contributed by atoms with Crippen LogP contribution in [0, 0.1) is 0 Å². The monoisotopic (exact) mass is 296 g/mol. The van der Waals surface area contributed by atoms with Crippen LogP contribution in [-0.4, -0.2) is 23.9 Å². The van der Waals surface area contributed by atoms with E-state index in [1.54, 1.807) is 7.11 Å². The molecule has 3 rings (SSSR count). The largest absolute Gasteiger partial charge is 0.493 e. The van der Waals surface area contributed by atoms with Crippen molar-refractivity contribution in [3.8, 4) is 11.5 Å². The average Bonchev–Trinajstić information content (AvgIpc) is 2.95. The summed E-state index contributed by atoms with van der Waals surface area (Å²) < 4.78 is 11.6. The summed E-state index contributed by atoms with van der Waals surface area (Å²) >= 11 is 6.33. The van der Waals surface area contributed by atoms with Gasteiger partial charge in [-0.2, -0.15) is 0 Å². The van der Waals surface area contributed by atoms with Crippen molar-refractivity contribution in [3.63, 3.8) is 0 Å². The van der Waals surface area contributed by atoms with E-state index in [0.29, 0.717) is 17.2 Å². The van der Waals surface area contributed by atoms with Crippen LogP contribution in [0.4, 0.5) is 0 Å². The molecule has 2 saturated carbocycles. The number of halogens is 1. The minimum atomic E-state index is -0.593. The predicted molar refractivity (Wildman–Crippen MR) is 78.8 cm³/mol. The zero-order valence-corrected chi connectivity index (χ0v) is 12.6. The second-order valence-corrected chi connectivity index (χ2v) is 6.39. The van der Waals surface area contributed by atoms with Gasteiger partial charge in [-0.3, -0.25) is 0 Å². The molecule has 2 aliphatic carbocycles. The molecule has 0 aromatic heterocycles. The first-order valence-electron chi connectivity index (χ1n) is 7.36. The molecule has 0 amide bonds. The standard InChI is InChI=1S/C16H21ClO3/c1-19-14-7-6-13(17)12(10-16(18)8-9-16)15(14)20-11-4-2-3-5-11/h6-7,11,18H,2-5,8-10H2,1H3. The Morgan fingerprint density at radius 3 is 2.60 bits per heavy atom. The molecule has 2 aliphatic rings. The molecule has 2 fully saturated rings. The molecule has 110 valence electrons. The second kappa shape index (κ2) is 5.45. The lowest BCUT2D eigenvalue weighted by Gasteiger charge is -2.21. The van der Waals surface area contributed by atoms with Gasteiger partial charge >= 0.3 is 0 Å². The maximum Gasteiger partial charge on any atom is 0.166 e. The van der Waals surface area contributed by atoms with Gasteiger partial charge in [0.05, 0.1) is 18.8 Å². The first-order chi connectivity index (χ1) is 9.61. The molecule has 1 N–H and O–H groups in total. The van der Waals surface area contributed by atoms with Crippen LogP contribution in [0.15, 0.2) is 12.1 Å². The fraction of sp³-hybridized carbons (Fsp3) is 0.625. The first-order valence-corrected chi connectivity index (χ1v) is 7.73. The van der Waals surface area contributed by atoms with Crippen LogP contribution in [0.25, 0.3) is 0 Å². The third kappa shape index (κ3) is 2.89. The number of methoxy groups -OCH3 is 1. The topological polar surface area (TPSA) is 38.7 Å². The van der Waals surface area contributed by atoms with Gasteiger partial charge < -0.3 is 14.6 Å². The highest BCUT2D eigenvalue weighted by atomic mass is 35.5. The fourth-order valence-electron chi connectivity index (χ4n) is 2.86. The molecule has 0 heterocycles. The Morgan fingerprint density at radius 1 is 1.30 bits per heavy atom. The van der Waals surface area contributed by atoms with Gasteiger partial charge in [0.25, 0.3) is 0 Å². The maximum absolute atomic E-state index is 10.2. The van der Waals surface area contributed by atoms with Crippen LogP contribution in [0.3, 0.4) is 0 Å². The Balaban J connectivity index is 1.91. The van der Waals surface area contributed by atoms with Gasteiger partial charge in [-0.1, -0.05) is 11.6 Å². The van der Waals surface area contributed by atoms with Gasteiger partial charge in [-0.05, 0) is 50.7 Å². The molecule has 3 nitrogen and oxygen atoms in total. The lowest BCUT2D eigenvalue weighted by Crippen LogP contribution is -2.17. The number of benzene rings is 1. The molecule has 0 unspecified atom stereocenters. The summed E-state index contributed by atoms with van der Waals surface area (Å²) in [5.74, 6) is 1.44. The van der Waals surface area contributed by atoms with Gasteiger partial charge in [-0.25, -0.2) is 0 Å². The Kier molecular flexibility index (Phi) is 3.83. The SMILES string of the molecule is COc1ccc(Cl)c(CC2(O)CC2)c1OC1CCCC1. The predicted octanol–water partition coefficient (Wildman–Crippen LogP) is 3.74. The van der Waals surface area contributed by atoms with Crippen molar-refractivity contribution < 1.29 is 14.6 Å². The van der Waals surface area contributed by atoms with E-state index in [4.69, 9.17) is 21.1 Å². The number of hydrogen-bond donors (Lipinski definition) is 1. The molecule has 1 aromatic rings. The van der Waals surface area contributed by atoms with Gasteiger partial charge in [0, 0.05) is 17.0 Å². The van der Waals surface area contributed by atoms with Crippen molar-refractivity contribution in [1.82, 2.24) is 0 Å². The summed E-state index contributed by atoms with van der Waals surface area (Å²) in [5.41, 5.74) is 0.293. The van der Waals surface area contributed by atoms with Crippen LogP contribution >= 0.6 is 11.6 Å². The average molecular weight is 297 g/mol. The van der Waals surface area contributed by atoms with Gasteiger partial charge in [0.1, 0.15) is 0 Å². The van der Waals surface area contributed by atoms with Crippen LogP contribution < -0.4 is 9.47 Å². The Morgan fingerprint density at radius 2 is 2.00 bits per heavy atom. The molecule has 4 heteroatoms. The quantitative estimate of drug-likeness (QED) is 0.899. The van der Waals surface area contributed by atoms with E-state index < -0.39 is 5.60 Å². The Labute approximate surface area is 124 Å². The molecule has 1 aromatic carbocycles. The van der Waals surface area contributed by atoms with Gasteiger partial charge in [-0.15, -0.1) is 0 Å². The highest BCUT2D eigenvalue weighted by Crippen LogP contribution is 2.45. The van der Waals surface area contributed by atoms with E-state index in [1.165, 1.54) is 12.8 Å². The minimum Gasteiger partial charge on any atom is -0.493 e. The third-order valence-electron chi connectivity index (χ3n) is 4.31. The highest BCUT2D eigenvalue weighted by Gasteiger charge is 2.42. The van der Waals surface area contributed by atoms with Crippen molar-refractivity contribution in [2.24, 2.45) is 0 Å². The summed E-state index contributed by atoms with van der Waals surface area (Å²) in [5, 5.41) is 10.9. The van der Waals surface area contributed by atoms with E-state index in [0.717, 1.165) is 37.0 Å². The van der Waals surface area contributed by atoms with E-state index in [-0.39, 0.29) is 6.10 Å². The van der Waals surface area contributed by atoms with Gasteiger partial charge in [0.15, 0.2) is 11.5 Å². The molecule has 0 bridgehead atoms. The zero-order chi connectivity index (χ0) is 14.2. The van der Waals surface area contributed by atoms with Crippen LogP contribution in [-0.2, 0) is 6.42 Å². The summed E-state index contributed by atoms with van der Waals surface area (Å²) in [6.45, 7) is 0. The summed E-state index contributed by atoms with van der Waals surface area (Å²) in [4.78, 5) is 0. The minimum absolute atomic E-state index is 0.245. The lowest BCUT2D eigenvalue weighted by molar-refractivity contribution is 0.146. The van der Waals surface area contributed by atoms with Crippen LogP contribution in [0.2, 0.25) is 5.02 Å². The first kappa shape index (κ1) is 14.0. The van der Waals surface area contributed by atoms with Crippen molar-refractivity contribution in [1.29, 1.82) is 0 Å². The molecule has 20 heavy (non-hydrogen) atoms. The van der Waals surface area contributed by atoms with E-state index in [9.17, 15) is 5.11 Å². The van der Waals surface area contributed by atoms with Gasteiger partial charge in [0.2, 0.25) is 0 Å². The maximum atomic E-state index is 10.2. The van der Waals surface area contributed by atoms with Crippen molar-refractivity contribution in [2.45, 2.75) is 56.7 Å². The fourth-order valence-corrected chi connectivity index (χ4v) is 3.08. The molecule has 0 atom stereocenters. The molecule has 0 spiro atoms. The van der Waals surface area contributed by atoms with E-state index in [2.05, 4.69) is 0 Å². The zero-order valence-electron chi connectivity index (χ0n) is 11.8. The normalized spacial score (nSPS) is 20.9.